The zero-order chi connectivity index (χ0) is 25.1. The molecule has 2 fully saturated rings. The van der Waals surface area contributed by atoms with Gasteiger partial charge < -0.3 is 19.7 Å². The van der Waals surface area contributed by atoms with Crippen molar-refractivity contribution < 1.29 is 24.2 Å². The number of morpholine rings is 1. The lowest BCUT2D eigenvalue weighted by Crippen LogP contribution is -2.41. The number of fused-ring (bicyclic) bond motifs is 1. The van der Waals surface area contributed by atoms with Gasteiger partial charge in [-0.15, -0.1) is 0 Å². The lowest BCUT2D eigenvalue weighted by molar-refractivity contribution is -0.135. The fraction of sp³-hybridized carbons (Fsp3) is 0.370. The Balaban J connectivity index is 1.17. The highest BCUT2D eigenvalue weighted by atomic mass is 16.5. The molecule has 36 heavy (non-hydrogen) atoms. The summed E-state index contributed by atoms with van der Waals surface area (Å²) in [6, 6.07) is 13.0. The molecule has 3 aromatic rings. The van der Waals surface area contributed by atoms with Gasteiger partial charge in [0.1, 0.15) is 6.04 Å². The van der Waals surface area contributed by atoms with Crippen molar-refractivity contribution in [2.75, 3.05) is 26.3 Å². The number of hydrogen-bond acceptors (Lipinski definition) is 6. The Bertz CT molecular complexity index is 1280. The highest BCUT2D eigenvalue weighted by Crippen LogP contribution is 2.33. The van der Waals surface area contributed by atoms with Crippen molar-refractivity contribution in [1.82, 2.24) is 20.1 Å². The summed E-state index contributed by atoms with van der Waals surface area (Å²) in [6.45, 7) is 4.68. The first-order valence-corrected chi connectivity index (χ1v) is 12.3. The number of aromatic nitrogens is 1. The summed E-state index contributed by atoms with van der Waals surface area (Å²) in [6.07, 6.45) is 2.59. The van der Waals surface area contributed by atoms with Crippen LogP contribution in [0.5, 0.6) is 5.88 Å². The number of carbonyl (C=O) groups excluding carboxylic acids is 3. The number of nitrogens with one attached hydrogen (secondary N) is 2. The van der Waals surface area contributed by atoms with E-state index in [9.17, 15) is 19.5 Å². The minimum Gasteiger partial charge on any atom is -0.494 e. The van der Waals surface area contributed by atoms with Crippen LogP contribution >= 0.6 is 0 Å². The van der Waals surface area contributed by atoms with E-state index in [1.807, 2.05) is 24.3 Å². The number of hydrogen-bond donors (Lipinski definition) is 3. The number of nitrogens with zero attached hydrogens (tertiary/aromatic N) is 2. The minimum atomic E-state index is -0.626. The van der Waals surface area contributed by atoms with Gasteiger partial charge in [-0.1, -0.05) is 30.3 Å². The van der Waals surface area contributed by atoms with Gasteiger partial charge in [-0.3, -0.25) is 24.6 Å². The molecule has 9 heteroatoms. The highest BCUT2D eigenvalue weighted by Gasteiger charge is 2.30. The third-order valence-electron chi connectivity index (χ3n) is 6.81. The van der Waals surface area contributed by atoms with E-state index < -0.39 is 11.9 Å². The molecule has 0 bridgehead atoms. The second-order valence-corrected chi connectivity index (χ2v) is 9.41. The number of piperidine rings is 1. The molecule has 1 atom stereocenters. The molecule has 2 aliphatic rings. The molecule has 3 heterocycles. The van der Waals surface area contributed by atoms with Crippen molar-refractivity contribution in [3.63, 3.8) is 0 Å². The molecule has 2 saturated heterocycles. The Hall–Kier alpha value is -3.69. The van der Waals surface area contributed by atoms with Crippen LogP contribution in [-0.2, 0) is 38.6 Å². The van der Waals surface area contributed by atoms with Gasteiger partial charge in [-0.2, -0.15) is 0 Å². The summed E-state index contributed by atoms with van der Waals surface area (Å²) in [5.74, 6) is -0.787. The van der Waals surface area contributed by atoms with E-state index in [1.165, 1.54) is 10.1 Å². The molecule has 0 saturated carbocycles. The van der Waals surface area contributed by atoms with Crippen molar-refractivity contribution in [3.05, 3.63) is 65.4 Å². The number of benzene rings is 2. The molecule has 0 spiro atoms. The van der Waals surface area contributed by atoms with E-state index >= 15 is 0 Å². The highest BCUT2D eigenvalue weighted by molar-refractivity contribution is 6.00. The summed E-state index contributed by atoms with van der Waals surface area (Å²) in [7, 11) is 0. The summed E-state index contributed by atoms with van der Waals surface area (Å²) in [5, 5.41) is 17.3. The van der Waals surface area contributed by atoms with E-state index in [-0.39, 0.29) is 24.1 Å². The van der Waals surface area contributed by atoms with Gasteiger partial charge in [-0.25, -0.2) is 0 Å². The Morgan fingerprint density at radius 1 is 1.06 bits per heavy atom. The van der Waals surface area contributed by atoms with Crippen molar-refractivity contribution in [3.8, 4) is 5.88 Å². The molecule has 5 rings (SSSR count). The van der Waals surface area contributed by atoms with Gasteiger partial charge in [0.2, 0.25) is 17.7 Å². The number of rotatable bonds is 7. The molecule has 0 aliphatic carbocycles. The molecular weight excluding hydrogens is 460 g/mol. The first-order chi connectivity index (χ1) is 17.5. The van der Waals surface area contributed by atoms with Crippen LogP contribution in [0.2, 0.25) is 0 Å². The van der Waals surface area contributed by atoms with Gasteiger partial charge in [0.15, 0.2) is 5.88 Å². The Labute approximate surface area is 209 Å². The predicted molar refractivity (Wildman–Crippen MR) is 133 cm³/mol. The lowest BCUT2D eigenvalue weighted by Gasteiger charge is -2.26. The number of aromatic hydroxyl groups is 1. The summed E-state index contributed by atoms with van der Waals surface area (Å²) in [5.41, 5.74) is 3.07. The normalized spacial score (nSPS) is 18.8. The molecule has 9 nitrogen and oxygen atoms in total. The molecule has 3 amide bonds. The molecule has 1 aromatic heterocycles. The molecule has 3 N–H and O–H groups in total. The van der Waals surface area contributed by atoms with Gasteiger partial charge in [0.25, 0.3) is 0 Å². The van der Waals surface area contributed by atoms with E-state index in [2.05, 4.69) is 27.7 Å². The maximum Gasteiger partial charge on any atom is 0.249 e. The summed E-state index contributed by atoms with van der Waals surface area (Å²) in [4.78, 5) is 38.5. The van der Waals surface area contributed by atoms with E-state index in [0.717, 1.165) is 49.4 Å². The van der Waals surface area contributed by atoms with E-state index in [1.54, 1.807) is 12.3 Å². The van der Waals surface area contributed by atoms with Crippen molar-refractivity contribution >= 4 is 28.5 Å². The zero-order valence-corrected chi connectivity index (χ0v) is 20.0. The quantitative estimate of drug-likeness (QED) is 0.437. The zero-order valence-electron chi connectivity index (χ0n) is 20.0. The average molecular weight is 491 g/mol. The monoisotopic (exact) mass is 490 g/mol. The largest absolute Gasteiger partial charge is 0.494 e. The Morgan fingerprint density at radius 3 is 2.53 bits per heavy atom. The third kappa shape index (κ3) is 5.42. The standard InChI is InChI=1S/C27H30N4O5/c32-24-8-7-23(26(34)29-24)31-17-21-13-20(5-6-22(21)27(31)35)15-28-25(33)14-18-1-3-19(4-2-18)16-30-9-11-36-12-10-30/h1-6,13,17,23,35H,7-12,14-16H2,(H,28,33)(H,29,32,34). The number of carbonyl (C=O) groups is 3. The Kier molecular flexibility index (Phi) is 7.02. The molecule has 0 radical (unpaired) electrons. The fourth-order valence-corrected chi connectivity index (χ4v) is 4.80. The van der Waals surface area contributed by atoms with Crippen molar-refractivity contribution in [1.29, 1.82) is 0 Å². The number of imide groups is 1. The second kappa shape index (κ2) is 10.5. The van der Waals surface area contributed by atoms with E-state index in [4.69, 9.17) is 4.74 Å². The second-order valence-electron chi connectivity index (χ2n) is 9.41. The van der Waals surface area contributed by atoms with Crippen molar-refractivity contribution in [2.24, 2.45) is 0 Å². The molecule has 2 aromatic carbocycles. The summed E-state index contributed by atoms with van der Waals surface area (Å²) >= 11 is 0. The van der Waals surface area contributed by atoms with Gasteiger partial charge in [-0.05, 0) is 35.2 Å². The number of ether oxygens (including phenoxy) is 1. The predicted octanol–water partition coefficient (Wildman–Crippen LogP) is 2.02. The summed E-state index contributed by atoms with van der Waals surface area (Å²) < 4.78 is 6.90. The first-order valence-electron chi connectivity index (χ1n) is 12.3. The topological polar surface area (TPSA) is 113 Å². The lowest BCUT2D eigenvalue weighted by atomic mass is 10.1. The van der Waals surface area contributed by atoms with Crippen LogP contribution in [0.3, 0.4) is 0 Å². The van der Waals surface area contributed by atoms with Crippen LogP contribution in [0.25, 0.3) is 10.8 Å². The third-order valence-corrected chi connectivity index (χ3v) is 6.81. The van der Waals surface area contributed by atoms with Crippen LogP contribution < -0.4 is 10.6 Å². The van der Waals surface area contributed by atoms with E-state index in [0.29, 0.717) is 24.8 Å². The van der Waals surface area contributed by atoms with Crippen LogP contribution in [0, 0.1) is 0 Å². The molecule has 188 valence electrons. The average Bonchev–Trinajstić information content (AvgIpc) is 3.20. The number of amides is 3. The smallest absolute Gasteiger partial charge is 0.249 e. The first kappa shape index (κ1) is 24.0. The molecular formula is C27H30N4O5. The van der Waals surface area contributed by atoms with Gasteiger partial charge in [0, 0.05) is 49.6 Å². The SMILES string of the molecule is O=C(Cc1ccc(CN2CCOCC2)cc1)NCc1ccc2c(O)n(C3CCC(=O)NC3=O)cc2c1. The Morgan fingerprint density at radius 2 is 1.78 bits per heavy atom. The van der Waals surface area contributed by atoms with Gasteiger partial charge >= 0.3 is 0 Å². The maximum absolute atomic E-state index is 12.5. The van der Waals surface area contributed by atoms with Crippen molar-refractivity contribution in [2.45, 2.75) is 38.4 Å². The van der Waals surface area contributed by atoms with Crippen LogP contribution in [0.1, 0.15) is 35.6 Å². The van der Waals surface area contributed by atoms with Crippen LogP contribution in [-0.4, -0.2) is 58.6 Å². The van der Waals surface area contributed by atoms with Gasteiger partial charge in [0.05, 0.1) is 19.6 Å². The van der Waals surface area contributed by atoms with Crippen LogP contribution in [0.4, 0.5) is 0 Å². The fourth-order valence-electron chi connectivity index (χ4n) is 4.80. The molecule has 1 unspecified atom stereocenters. The molecule has 2 aliphatic heterocycles. The maximum atomic E-state index is 12.5. The van der Waals surface area contributed by atoms with Crippen LogP contribution in [0.15, 0.2) is 48.7 Å². The minimum absolute atomic E-state index is 0.00727.